The minimum absolute atomic E-state index is 0.0384. The van der Waals surface area contributed by atoms with Crippen molar-refractivity contribution in [3.05, 3.63) is 39.9 Å². The van der Waals surface area contributed by atoms with E-state index in [1.165, 1.54) is 6.07 Å². The van der Waals surface area contributed by atoms with Gasteiger partial charge in [-0.1, -0.05) is 32.0 Å². The molecule has 0 radical (unpaired) electrons. The van der Waals surface area contributed by atoms with Crippen molar-refractivity contribution in [2.45, 2.75) is 39.3 Å². The number of hydrogen-bond donors (Lipinski definition) is 1. The molecule has 6 heteroatoms. The first-order valence-electron chi connectivity index (χ1n) is 7.73. The quantitative estimate of drug-likeness (QED) is 0.669. The zero-order valence-electron chi connectivity index (χ0n) is 13.1. The Balaban J connectivity index is 1.85. The molecule has 0 spiro atoms. The van der Waals surface area contributed by atoms with Gasteiger partial charge in [-0.3, -0.25) is 14.9 Å². The zero-order valence-corrected chi connectivity index (χ0v) is 13.1. The number of nitrogens with zero attached hydrogens (tertiary/aromatic N) is 2. The third-order valence-electron chi connectivity index (χ3n) is 4.07. The molecule has 1 fully saturated rings. The van der Waals surface area contributed by atoms with Gasteiger partial charge in [-0.25, -0.2) is 0 Å². The molecule has 1 N–H and O–H groups in total. The van der Waals surface area contributed by atoms with Gasteiger partial charge in [0.25, 0.3) is 5.69 Å². The second-order valence-corrected chi connectivity index (χ2v) is 6.02. The van der Waals surface area contributed by atoms with Gasteiger partial charge in [-0.05, 0) is 12.8 Å². The third kappa shape index (κ3) is 4.04. The van der Waals surface area contributed by atoms with Gasteiger partial charge >= 0.3 is 0 Å². The normalized spacial score (nSPS) is 16.0. The van der Waals surface area contributed by atoms with Crippen molar-refractivity contribution in [1.82, 2.24) is 10.2 Å². The van der Waals surface area contributed by atoms with Gasteiger partial charge in [-0.2, -0.15) is 0 Å². The average molecular weight is 305 g/mol. The Hall–Kier alpha value is -1.95. The lowest BCUT2D eigenvalue weighted by Crippen LogP contribution is -2.46. The maximum Gasteiger partial charge on any atom is 0.273 e. The number of likely N-dealkylation sites (tertiary alicyclic amines) is 1. The Morgan fingerprint density at radius 1 is 1.36 bits per heavy atom. The Kier molecular flexibility index (Phi) is 5.49. The van der Waals surface area contributed by atoms with E-state index in [1.54, 1.807) is 12.1 Å². The summed E-state index contributed by atoms with van der Waals surface area (Å²) in [7, 11) is 0. The largest absolute Gasteiger partial charge is 0.342 e. The third-order valence-corrected chi connectivity index (χ3v) is 4.07. The number of nitrogens with one attached hydrogen (secondary N) is 1. The summed E-state index contributed by atoms with van der Waals surface area (Å²) >= 11 is 0. The molecular formula is C16H23N3O3. The minimum atomic E-state index is -0.346. The molecule has 0 aromatic heterocycles. The van der Waals surface area contributed by atoms with Crippen molar-refractivity contribution in [2.75, 3.05) is 13.1 Å². The van der Waals surface area contributed by atoms with Crippen LogP contribution >= 0.6 is 0 Å². The fourth-order valence-corrected chi connectivity index (χ4v) is 2.76. The number of amides is 1. The van der Waals surface area contributed by atoms with Crippen LogP contribution in [-0.4, -0.2) is 34.9 Å². The molecule has 1 aromatic carbocycles. The summed E-state index contributed by atoms with van der Waals surface area (Å²) in [6, 6.07) is 7.10. The highest BCUT2D eigenvalue weighted by atomic mass is 16.6. The highest BCUT2D eigenvalue weighted by molar-refractivity contribution is 5.78. The first kappa shape index (κ1) is 16.4. The molecule has 2 rings (SSSR count). The number of piperidine rings is 1. The number of carbonyl (C=O) groups excluding carboxylic acids is 1. The van der Waals surface area contributed by atoms with Crippen molar-refractivity contribution in [2.24, 2.45) is 5.92 Å². The van der Waals surface area contributed by atoms with Crippen molar-refractivity contribution in [3.8, 4) is 0 Å². The van der Waals surface area contributed by atoms with Crippen LogP contribution < -0.4 is 5.32 Å². The van der Waals surface area contributed by atoms with E-state index < -0.39 is 0 Å². The lowest BCUT2D eigenvalue weighted by atomic mass is 10.0. The molecule has 1 aromatic rings. The fraction of sp³-hybridized carbons (Fsp3) is 0.562. The van der Waals surface area contributed by atoms with E-state index in [0.717, 1.165) is 25.9 Å². The van der Waals surface area contributed by atoms with Crippen LogP contribution in [-0.2, 0) is 11.3 Å². The van der Waals surface area contributed by atoms with Crippen LogP contribution in [0.5, 0.6) is 0 Å². The number of benzene rings is 1. The summed E-state index contributed by atoms with van der Waals surface area (Å²) in [5.41, 5.74) is 0.857. The topological polar surface area (TPSA) is 75.5 Å². The predicted molar refractivity (Wildman–Crippen MR) is 84.4 cm³/mol. The summed E-state index contributed by atoms with van der Waals surface area (Å²) in [4.78, 5) is 24.5. The van der Waals surface area contributed by atoms with Crippen LogP contribution in [0.25, 0.3) is 0 Å². The van der Waals surface area contributed by atoms with Gasteiger partial charge in [0.15, 0.2) is 0 Å². The molecular weight excluding hydrogens is 282 g/mol. The molecule has 6 nitrogen and oxygen atoms in total. The Morgan fingerprint density at radius 3 is 2.59 bits per heavy atom. The molecule has 1 aliphatic rings. The predicted octanol–water partition coefficient (Wildman–Crippen LogP) is 2.33. The maximum absolute atomic E-state index is 11.9. The second kappa shape index (κ2) is 7.35. The zero-order chi connectivity index (χ0) is 16.1. The van der Waals surface area contributed by atoms with Gasteiger partial charge in [-0.15, -0.1) is 0 Å². The summed E-state index contributed by atoms with van der Waals surface area (Å²) in [6.07, 6.45) is 1.78. The highest BCUT2D eigenvalue weighted by Crippen LogP contribution is 2.19. The van der Waals surface area contributed by atoms with E-state index >= 15 is 0 Å². The van der Waals surface area contributed by atoms with Crippen LogP contribution in [0.15, 0.2) is 24.3 Å². The van der Waals surface area contributed by atoms with E-state index in [-0.39, 0.29) is 22.4 Å². The lowest BCUT2D eigenvalue weighted by molar-refractivity contribution is -0.385. The van der Waals surface area contributed by atoms with Crippen LogP contribution in [0.3, 0.4) is 0 Å². The van der Waals surface area contributed by atoms with Gasteiger partial charge in [0.1, 0.15) is 0 Å². The molecule has 0 unspecified atom stereocenters. The molecule has 0 saturated carbocycles. The smallest absolute Gasteiger partial charge is 0.273 e. The van der Waals surface area contributed by atoms with E-state index in [9.17, 15) is 14.9 Å². The van der Waals surface area contributed by atoms with E-state index in [1.807, 2.05) is 24.8 Å². The molecule has 0 atom stereocenters. The summed E-state index contributed by atoms with van der Waals surface area (Å²) in [5, 5.41) is 14.4. The van der Waals surface area contributed by atoms with Crippen molar-refractivity contribution in [3.63, 3.8) is 0 Å². The van der Waals surface area contributed by atoms with E-state index in [2.05, 4.69) is 5.32 Å². The number of nitro benzene ring substituents is 1. The first-order valence-corrected chi connectivity index (χ1v) is 7.73. The standard InChI is InChI=1S/C16H23N3O3/c1-12(2)16(20)18-9-7-14(8-10-18)17-11-13-5-3-4-6-15(13)19(21)22/h3-6,12,14,17H,7-11H2,1-2H3. The number of nitro groups is 1. The summed E-state index contributed by atoms with van der Waals surface area (Å²) in [5.74, 6) is 0.244. The monoisotopic (exact) mass is 305 g/mol. The van der Waals surface area contributed by atoms with Crippen LogP contribution in [0, 0.1) is 16.0 Å². The number of rotatable bonds is 5. The molecule has 1 amide bonds. The van der Waals surface area contributed by atoms with Crippen molar-refractivity contribution in [1.29, 1.82) is 0 Å². The van der Waals surface area contributed by atoms with Gasteiger partial charge < -0.3 is 10.2 Å². The molecule has 1 heterocycles. The van der Waals surface area contributed by atoms with Gasteiger partial charge in [0, 0.05) is 43.2 Å². The van der Waals surface area contributed by atoms with E-state index in [0.29, 0.717) is 18.2 Å². The molecule has 0 bridgehead atoms. The summed E-state index contributed by atoms with van der Waals surface area (Å²) < 4.78 is 0. The van der Waals surface area contributed by atoms with Crippen LogP contribution in [0.2, 0.25) is 0 Å². The maximum atomic E-state index is 11.9. The molecule has 0 aliphatic carbocycles. The Labute approximate surface area is 130 Å². The molecule has 22 heavy (non-hydrogen) atoms. The number of para-hydroxylation sites is 1. The Bertz CT molecular complexity index is 537. The Morgan fingerprint density at radius 2 is 2.00 bits per heavy atom. The van der Waals surface area contributed by atoms with Crippen molar-refractivity contribution >= 4 is 11.6 Å². The van der Waals surface area contributed by atoms with Gasteiger partial charge in [0.2, 0.25) is 5.91 Å². The van der Waals surface area contributed by atoms with Crippen LogP contribution in [0.4, 0.5) is 5.69 Å². The lowest BCUT2D eigenvalue weighted by Gasteiger charge is -2.33. The molecule has 1 saturated heterocycles. The minimum Gasteiger partial charge on any atom is -0.342 e. The number of hydrogen-bond acceptors (Lipinski definition) is 4. The van der Waals surface area contributed by atoms with Gasteiger partial charge in [0.05, 0.1) is 4.92 Å². The summed E-state index contributed by atoms with van der Waals surface area (Å²) in [6.45, 7) is 5.83. The molecule has 120 valence electrons. The fourth-order valence-electron chi connectivity index (χ4n) is 2.76. The number of carbonyl (C=O) groups is 1. The van der Waals surface area contributed by atoms with Crippen molar-refractivity contribution < 1.29 is 9.72 Å². The van der Waals surface area contributed by atoms with E-state index in [4.69, 9.17) is 0 Å². The SMILES string of the molecule is CC(C)C(=O)N1CCC(NCc2ccccc2[N+](=O)[O-])CC1. The molecule has 1 aliphatic heterocycles. The second-order valence-electron chi connectivity index (χ2n) is 6.02. The highest BCUT2D eigenvalue weighted by Gasteiger charge is 2.24. The first-order chi connectivity index (χ1) is 10.5. The van der Waals surface area contributed by atoms with Crippen LogP contribution in [0.1, 0.15) is 32.3 Å². The average Bonchev–Trinajstić information content (AvgIpc) is 2.52.